The van der Waals surface area contributed by atoms with Crippen molar-refractivity contribution in [3.05, 3.63) is 48.2 Å². The molecule has 1 aromatic carbocycles. The Labute approximate surface area is 168 Å². The number of likely N-dealkylation sites (N-methyl/N-ethyl adjacent to an activating group) is 1. The van der Waals surface area contributed by atoms with Gasteiger partial charge >= 0.3 is 0 Å². The highest BCUT2D eigenvalue weighted by atomic mass is 32.2. The molecule has 0 aliphatic rings. The standard InChI is InChI=1S/C19H24N6O2S/c1-3-24(15-7-4-6-14(2)12-15)10-9-21-17(26)13-28-19-23-22-18(25(19)20)16-8-5-11-27-16/h4-8,11-12H,3,9-10,13,20H2,1-2H3,(H,21,26). The Balaban J connectivity index is 1.46. The minimum Gasteiger partial charge on any atom is -0.461 e. The van der Waals surface area contributed by atoms with Crippen molar-refractivity contribution in [2.24, 2.45) is 0 Å². The second kappa shape index (κ2) is 9.32. The van der Waals surface area contributed by atoms with Gasteiger partial charge in [0.2, 0.25) is 16.9 Å². The molecular weight excluding hydrogens is 376 g/mol. The summed E-state index contributed by atoms with van der Waals surface area (Å²) < 4.78 is 6.60. The van der Waals surface area contributed by atoms with Gasteiger partial charge in [-0.2, -0.15) is 0 Å². The first kappa shape index (κ1) is 19.8. The summed E-state index contributed by atoms with van der Waals surface area (Å²) in [4.78, 5) is 14.4. The first-order chi connectivity index (χ1) is 13.6. The number of hydrogen-bond donors (Lipinski definition) is 2. The van der Waals surface area contributed by atoms with E-state index in [4.69, 9.17) is 10.3 Å². The molecule has 1 amide bonds. The van der Waals surface area contributed by atoms with Crippen LogP contribution in [0.2, 0.25) is 0 Å². The summed E-state index contributed by atoms with van der Waals surface area (Å²) >= 11 is 1.23. The van der Waals surface area contributed by atoms with E-state index in [1.807, 2.05) is 6.07 Å². The van der Waals surface area contributed by atoms with Crippen LogP contribution in [0, 0.1) is 6.92 Å². The first-order valence-corrected chi connectivity index (χ1v) is 10.0. The number of rotatable bonds is 9. The van der Waals surface area contributed by atoms with Gasteiger partial charge in [0.15, 0.2) is 5.76 Å². The predicted molar refractivity (Wildman–Crippen MR) is 111 cm³/mol. The highest BCUT2D eigenvalue weighted by molar-refractivity contribution is 7.99. The van der Waals surface area contributed by atoms with Crippen molar-refractivity contribution in [2.45, 2.75) is 19.0 Å². The average Bonchev–Trinajstić information content (AvgIpc) is 3.33. The van der Waals surface area contributed by atoms with Crippen LogP contribution in [0.4, 0.5) is 5.69 Å². The number of nitrogens with two attached hydrogens (primary N) is 1. The minimum atomic E-state index is -0.0761. The van der Waals surface area contributed by atoms with E-state index in [0.29, 0.717) is 23.3 Å². The first-order valence-electron chi connectivity index (χ1n) is 9.04. The lowest BCUT2D eigenvalue weighted by Crippen LogP contribution is -2.35. The Morgan fingerprint density at radius 3 is 2.89 bits per heavy atom. The van der Waals surface area contributed by atoms with Crippen LogP contribution in [0.25, 0.3) is 11.6 Å². The molecular formula is C19H24N6O2S. The third-order valence-electron chi connectivity index (χ3n) is 4.19. The molecule has 28 heavy (non-hydrogen) atoms. The number of carbonyl (C=O) groups is 1. The van der Waals surface area contributed by atoms with E-state index in [1.54, 1.807) is 18.4 Å². The van der Waals surface area contributed by atoms with Crippen LogP contribution in [0.3, 0.4) is 0 Å². The number of anilines is 1. The van der Waals surface area contributed by atoms with Crippen molar-refractivity contribution in [3.63, 3.8) is 0 Å². The van der Waals surface area contributed by atoms with Gasteiger partial charge in [-0.05, 0) is 43.7 Å². The SMILES string of the molecule is CCN(CCNC(=O)CSc1nnc(-c2ccco2)n1N)c1cccc(C)c1. The quantitative estimate of drug-likeness (QED) is 0.420. The molecule has 148 valence electrons. The Morgan fingerprint density at radius 2 is 2.18 bits per heavy atom. The van der Waals surface area contributed by atoms with Crippen molar-refractivity contribution in [2.75, 3.05) is 36.1 Å². The zero-order valence-electron chi connectivity index (χ0n) is 16.0. The fraction of sp³-hybridized carbons (Fsp3) is 0.316. The van der Waals surface area contributed by atoms with Gasteiger partial charge in [0.05, 0.1) is 12.0 Å². The van der Waals surface area contributed by atoms with Gasteiger partial charge in [0, 0.05) is 25.3 Å². The largest absolute Gasteiger partial charge is 0.461 e. The molecule has 3 rings (SSSR count). The van der Waals surface area contributed by atoms with Crippen LogP contribution in [0.5, 0.6) is 0 Å². The van der Waals surface area contributed by atoms with Crippen LogP contribution >= 0.6 is 11.8 Å². The maximum absolute atomic E-state index is 12.2. The number of nitrogen functional groups attached to an aromatic ring is 1. The van der Waals surface area contributed by atoms with Gasteiger partial charge in [-0.1, -0.05) is 23.9 Å². The van der Waals surface area contributed by atoms with Crippen LogP contribution in [-0.2, 0) is 4.79 Å². The Morgan fingerprint density at radius 1 is 1.32 bits per heavy atom. The molecule has 0 fully saturated rings. The molecule has 0 atom stereocenters. The minimum absolute atomic E-state index is 0.0761. The molecule has 0 unspecified atom stereocenters. The van der Waals surface area contributed by atoms with Crippen LogP contribution < -0.4 is 16.1 Å². The molecule has 0 bridgehead atoms. The highest BCUT2D eigenvalue weighted by Gasteiger charge is 2.15. The van der Waals surface area contributed by atoms with E-state index in [0.717, 1.165) is 18.8 Å². The molecule has 3 N–H and O–H groups in total. The number of carbonyl (C=O) groups excluding carboxylic acids is 1. The predicted octanol–water partition coefficient (Wildman–Crippen LogP) is 2.30. The van der Waals surface area contributed by atoms with Crippen LogP contribution in [-0.4, -0.2) is 46.2 Å². The highest BCUT2D eigenvalue weighted by Crippen LogP contribution is 2.21. The normalized spacial score (nSPS) is 10.8. The van der Waals surface area contributed by atoms with E-state index in [-0.39, 0.29) is 11.7 Å². The maximum atomic E-state index is 12.2. The third-order valence-corrected chi connectivity index (χ3v) is 5.13. The Kier molecular flexibility index (Phi) is 6.59. The molecule has 3 aromatic rings. The summed E-state index contributed by atoms with van der Waals surface area (Å²) in [7, 11) is 0. The van der Waals surface area contributed by atoms with Crippen molar-refractivity contribution >= 4 is 23.4 Å². The van der Waals surface area contributed by atoms with E-state index in [2.05, 4.69) is 52.5 Å². The van der Waals surface area contributed by atoms with E-state index < -0.39 is 0 Å². The smallest absolute Gasteiger partial charge is 0.230 e. The maximum Gasteiger partial charge on any atom is 0.230 e. The number of aryl methyl sites for hydroxylation is 1. The third kappa shape index (κ3) is 4.86. The number of aromatic nitrogens is 3. The van der Waals surface area contributed by atoms with Crippen molar-refractivity contribution in [3.8, 4) is 11.6 Å². The molecule has 0 aliphatic carbocycles. The molecule has 0 spiro atoms. The van der Waals surface area contributed by atoms with Gasteiger partial charge in [0.25, 0.3) is 0 Å². The summed E-state index contributed by atoms with van der Waals surface area (Å²) in [6.07, 6.45) is 1.54. The van der Waals surface area contributed by atoms with Crippen LogP contribution in [0.15, 0.2) is 52.2 Å². The second-order valence-corrected chi connectivity index (χ2v) is 7.15. The number of amides is 1. The fourth-order valence-corrected chi connectivity index (χ4v) is 3.44. The van der Waals surface area contributed by atoms with Gasteiger partial charge in [-0.3, -0.25) is 4.79 Å². The van der Waals surface area contributed by atoms with Gasteiger partial charge < -0.3 is 20.5 Å². The molecule has 2 aromatic heterocycles. The van der Waals surface area contributed by atoms with E-state index >= 15 is 0 Å². The Hall–Kier alpha value is -2.94. The lowest BCUT2D eigenvalue weighted by molar-refractivity contribution is -0.118. The zero-order valence-corrected chi connectivity index (χ0v) is 16.8. The Bertz CT molecular complexity index is 909. The number of furan rings is 1. The summed E-state index contributed by atoms with van der Waals surface area (Å²) in [6, 6.07) is 11.8. The van der Waals surface area contributed by atoms with Crippen molar-refractivity contribution in [1.29, 1.82) is 0 Å². The lowest BCUT2D eigenvalue weighted by Gasteiger charge is -2.23. The van der Waals surface area contributed by atoms with Crippen LogP contribution in [0.1, 0.15) is 12.5 Å². The van der Waals surface area contributed by atoms with E-state index in [9.17, 15) is 4.79 Å². The summed E-state index contributed by atoms with van der Waals surface area (Å²) in [6.45, 7) is 6.36. The average molecular weight is 401 g/mol. The van der Waals surface area contributed by atoms with Gasteiger partial charge in [-0.25, -0.2) is 4.68 Å². The van der Waals surface area contributed by atoms with Crippen molar-refractivity contribution < 1.29 is 9.21 Å². The molecule has 0 aliphatic heterocycles. The number of hydrogen-bond acceptors (Lipinski definition) is 7. The number of nitrogens with zero attached hydrogens (tertiary/aromatic N) is 4. The van der Waals surface area contributed by atoms with Gasteiger partial charge in [0.1, 0.15) is 0 Å². The number of nitrogens with one attached hydrogen (secondary N) is 1. The molecule has 0 saturated carbocycles. The topological polar surface area (TPSA) is 102 Å². The second-order valence-electron chi connectivity index (χ2n) is 6.21. The molecule has 0 radical (unpaired) electrons. The number of benzene rings is 1. The lowest BCUT2D eigenvalue weighted by atomic mass is 10.2. The van der Waals surface area contributed by atoms with Crippen molar-refractivity contribution in [1.82, 2.24) is 20.2 Å². The monoisotopic (exact) mass is 400 g/mol. The molecule has 8 nitrogen and oxygen atoms in total. The summed E-state index contributed by atoms with van der Waals surface area (Å²) in [5.41, 5.74) is 2.38. The zero-order chi connectivity index (χ0) is 19.9. The fourth-order valence-electron chi connectivity index (χ4n) is 2.76. The van der Waals surface area contributed by atoms with Gasteiger partial charge in [-0.15, -0.1) is 10.2 Å². The number of thioether (sulfide) groups is 1. The summed E-state index contributed by atoms with van der Waals surface area (Å²) in [5.74, 6) is 7.07. The molecule has 0 saturated heterocycles. The molecule has 9 heteroatoms. The van der Waals surface area contributed by atoms with E-state index in [1.165, 1.54) is 22.0 Å². The summed E-state index contributed by atoms with van der Waals surface area (Å²) in [5, 5.41) is 11.4. The molecule has 2 heterocycles.